The summed E-state index contributed by atoms with van der Waals surface area (Å²) >= 11 is 3.67. The highest BCUT2D eigenvalue weighted by atomic mass is 79.9. The first kappa shape index (κ1) is 20.7. The van der Waals surface area contributed by atoms with Gasteiger partial charge in [0.15, 0.2) is 6.29 Å². The largest absolute Gasteiger partial charge is 0.497 e. The molecule has 1 atom stereocenters. The lowest BCUT2D eigenvalue weighted by Crippen LogP contribution is -2.25. The number of halogens is 1. The molecule has 1 unspecified atom stereocenters. The monoisotopic (exact) mass is 448 g/mol. The maximum absolute atomic E-state index is 11.2. The third-order valence-electron chi connectivity index (χ3n) is 4.59. The number of hydrogen-bond acceptors (Lipinski definition) is 5. The van der Waals surface area contributed by atoms with Gasteiger partial charge in [-0.1, -0.05) is 28.1 Å². The maximum Gasteiger partial charge on any atom is 0.302 e. The summed E-state index contributed by atoms with van der Waals surface area (Å²) in [5.41, 5.74) is 3.04. The van der Waals surface area contributed by atoms with Gasteiger partial charge >= 0.3 is 5.97 Å². The van der Waals surface area contributed by atoms with Gasteiger partial charge in [0.25, 0.3) is 0 Å². The smallest absolute Gasteiger partial charge is 0.302 e. The van der Waals surface area contributed by atoms with E-state index in [1.54, 1.807) is 7.11 Å². The molecule has 28 heavy (non-hydrogen) atoms. The van der Waals surface area contributed by atoms with Crippen molar-refractivity contribution in [1.82, 2.24) is 0 Å². The number of esters is 1. The van der Waals surface area contributed by atoms with Gasteiger partial charge < -0.3 is 18.9 Å². The Kier molecular flexibility index (Phi) is 7.34. The van der Waals surface area contributed by atoms with E-state index < -0.39 is 0 Å². The second-order valence-electron chi connectivity index (χ2n) is 6.77. The summed E-state index contributed by atoms with van der Waals surface area (Å²) in [7, 11) is 1.66. The van der Waals surface area contributed by atoms with Crippen LogP contribution in [0.3, 0.4) is 0 Å². The molecule has 2 aromatic carbocycles. The van der Waals surface area contributed by atoms with E-state index in [1.807, 2.05) is 36.4 Å². The van der Waals surface area contributed by atoms with Crippen LogP contribution in [-0.4, -0.2) is 26.0 Å². The topological polar surface area (TPSA) is 54.0 Å². The van der Waals surface area contributed by atoms with Gasteiger partial charge in [-0.05, 0) is 48.2 Å². The van der Waals surface area contributed by atoms with E-state index in [1.165, 1.54) is 6.92 Å². The third-order valence-corrected chi connectivity index (χ3v) is 5.30. The molecule has 0 saturated carbocycles. The number of benzene rings is 2. The molecule has 0 aliphatic carbocycles. The van der Waals surface area contributed by atoms with Crippen LogP contribution in [0.25, 0.3) is 0 Å². The molecule has 3 rings (SSSR count). The van der Waals surface area contributed by atoms with Crippen LogP contribution in [0.4, 0.5) is 0 Å². The minimum atomic E-state index is -0.309. The van der Waals surface area contributed by atoms with Crippen molar-refractivity contribution in [3.63, 3.8) is 0 Å². The van der Waals surface area contributed by atoms with Crippen LogP contribution in [0.5, 0.6) is 11.5 Å². The van der Waals surface area contributed by atoms with Crippen molar-refractivity contribution in [3.8, 4) is 11.5 Å². The van der Waals surface area contributed by atoms with Gasteiger partial charge in [0.1, 0.15) is 18.1 Å². The molecule has 6 heteroatoms. The molecule has 0 radical (unpaired) electrons. The van der Waals surface area contributed by atoms with Crippen molar-refractivity contribution in [2.24, 2.45) is 0 Å². The number of carbonyl (C=O) groups excluding carboxylic acids is 1. The lowest BCUT2D eigenvalue weighted by molar-refractivity contribution is -0.142. The van der Waals surface area contributed by atoms with Crippen LogP contribution < -0.4 is 9.47 Å². The molecule has 0 N–H and O–H groups in total. The summed E-state index contributed by atoms with van der Waals surface area (Å²) in [5.74, 6) is 1.27. The molecule has 0 aromatic heterocycles. The normalized spacial score (nSPS) is 16.5. The van der Waals surface area contributed by atoms with Gasteiger partial charge in [-0.2, -0.15) is 0 Å². The molecule has 1 fully saturated rings. The molecule has 1 heterocycles. The molecule has 1 aliphatic heterocycles. The Morgan fingerprint density at radius 3 is 2.61 bits per heavy atom. The summed E-state index contributed by atoms with van der Waals surface area (Å²) in [6.45, 7) is 2.33. The predicted octanol–water partition coefficient (Wildman–Crippen LogP) is 5.02. The minimum Gasteiger partial charge on any atom is -0.497 e. The summed E-state index contributed by atoms with van der Waals surface area (Å²) < 4.78 is 23.3. The van der Waals surface area contributed by atoms with Crippen LogP contribution in [-0.2, 0) is 27.3 Å². The first-order valence-corrected chi connectivity index (χ1v) is 10.2. The Bertz CT molecular complexity index is 797. The van der Waals surface area contributed by atoms with Gasteiger partial charge in [-0.15, -0.1) is 0 Å². The predicted molar refractivity (Wildman–Crippen MR) is 110 cm³/mol. The van der Waals surface area contributed by atoms with E-state index in [0.717, 1.165) is 51.9 Å². The van der Waals surface area contributed by atoms with E-state index in [4.69, 9.17) is 18.9 Å². The number of ether oxygens (including phenoxy) is 4. The molecule has 2 aromatic rings. The second-order valence-corrected chi connectivity index (χ2v) is 7.63. The van der Waals surface area contributed by atoms with Gasteiger partial charge in [-0.25, -0.2) is 0 Å². The molecule has 150 valence electrons. The van der Waals surface area contributed by atoms with E-state index >= 15 is 0 Å². The van der Waals surface area contributed by atoms with Crippen molar-refractivity contribution >= 4 is 21.9 Å². The minimum absolute atomic E-state index is 0.207. The van der Waals surface area contributed by atoms with E-state index in [-0.39, 0.29) is 18.9 Å². The number of carbonyl (C=O) groups is 1. The molecular weight excluding hydrogens is 424 g/mol. The Hall–Kier alpha value is -2.05. The average molecular weight is 449 g/mol. The molecule has 0 bridgehead atoms. The van der Waals surface area contributed by atoms with E-state index in [2.05, 4.69) is 15.9 Å². The van der Waals surface area contributed by atoms with Gasteiger partial charge in [0.05, 0.1) is 13.7 Å². The summed E-state index contributed by atoms with van der Waals surface area (Å²) in [6.07, 6.45) is 3.47. The van der Waals surface area contributed by atoms with Crippen molar-refractivity contribution in [3.05, 3.63) is 57.6 Å². The Morgan fingerprint density at radius 1 is 1.18 bits per heavy atom. The Balaban J connectivity index is 1.87. The fourth-order valence-electron chi connectivity index (χ4n) is 3.10. The standard InChI is InChI=1S/C22H25BrO5/c1-15(24)27-14-17-12-20(23)19(11-16-6-8-18(25-2)9-7-16)21(13-17)28-22-5-3-4-10-26-22/h6-9,12-13,22H,3-5,10-11,14H2,1-2H3. The molecular formula is C22H25BrO5. The lowest BCUT2D eigenvalue weighted by atomic mass is 10.0. The van der Waals surface area contributed by atoms with Crippen molar-refractivity contribution in [1.29, 1.82) is 0 Å². The highest BCUT2D eigenvalue weighted by Crippen LogP contribution is 2.33. The fourth-order valence-corrected chi connectivity index (χ4v) is 3.73. The Morgan fingerprint density at radius 2 is 1.96 bits per heavy atom. The van der Waals surface area contributed by atoms with Crippen LogP contribution in [0.15, 0.2) is 40.9 Å². The van der Waals surface area contributed by atoms with E-state index in [0.29, 0.717) is 13.0 Å². The van der Waals surface area contributed by atoms with Gasteiger partial charge in [-0.3, -0.25) is 4.79 Å². The van der Waals surface area contributed by atoms with Crippen molar-refractivity contribution in [2.75, 3.05) is 13.7 Å². The van der Waals surface area contributed by atoms with Crippen LogP contribution in [0.2, 0.25) is 0 Å². The molecule has 0 amide bonds. The van der Waals surface area contributed by atoms with Crippen molar-refractivity contribution < 1.29 is 23.7 Å². The molecule has 0 spiro atoms. The highest BCUT2D eigenvalue weighted by molar-refractivity contribution is 9.10. The lowest BCUT2D eigenvalue weighted by Gasteiger charge is -2.25. The zero-order chi connectivity index (χ0) is 19.9. The highest BCUT2D eigenvalue weighted by Gasteiger charge is 2.19. The Labute approximate surface area is 174 Å². The van der Waals surface area contributed by atoms with Crippen molar-refractivity contribution in [2.45, 2.75) is 45.5 Å². The fraction of sp³-hybridized carbons (Fsp3) is 0.409. The van der Waals surface area contributed by atoms with Crippen LogP contribution in [0.1, 0.15) is 42.9 Å². The summed E-state index contributed by atoms with van der Waals surface area (Å²) in [5, 5.41) is 0. The van der Waals surface area contributed by atoms with Gasteiger partial charge in [0, 0.05) is 29.8 Å². The number of hydrogen-bond donors (Lipinski definition) is 0. The zero-order valence-electron chi connectivity index (χ0n) is 16.2. The first-order chi connectivity index (χ1) is 13.5. The number of methoxy groups -OCH3 is 1. The second kappa shape index (κ2) is 9.94. The SMILES string of the molecule is COc1ccc(Cc2c(Br)cc(COC(C)=O)cc2OC2CCCCO2)cc1. The quantitative estimate of drug-likeness (QED) is 0.556. The van der Waals surface area contributed by atoms with E-state index in [9.17, 15) is 4.79 Å². The van der Waals surface area contributed by atoms with Crippen LogP contribution >= 0.6 is 15.9 Å². The molecule has 1 saturated heterocycles. The summed E-state index contributed by atoms with van der Waals surface area (Å²) in [4.78, 5) is 11.2. The number of rotatable bonds is 7. The summed E-state index contributed by atoms with van der Waals surface area (Å²) in [6, 6.07) is 11.9. The van der Waals surface area contributed by atoms with Gasteiger partial charge in [0.2, 0.25) is 0 Å². The third kappa shape index (κ3) is 5.72. The molecule has 1 aliphatic rings. The maximum atomic E-state index is 11.2. The zero-order valence-corrected chi connectivity index (χ0v) is 17.8. The van der Waals surface area contributed by atoms with Crippen LogP contribution in [0, 0.1) is 0 Å². The molecule has 5 nitrogen and oxygen atoms in total. The average Bonchev–Trinajstić information content (AvgIpc) is 2.70. The first-order valence-electron chi connectivity index (χ1n) is 9.41.